The highest BCUT2D eigenvalue weighted by molar-refractivity contribution is 6.21. The third-order valence-electron chi connectivity index (χ3n) is 5.43. The van der Waals surface area contributed by atoms with Gasteiger partial charge in [0.05, 0.1) is 16.8 Å². The molecule has 2 aromatic carbocycles. The second kappa shape index (κ2) is 8.66. The lowest BCUT2D eigenvalue weighted by atomic mass is 10.1. The van der Waals surface area contributed by atoms with E-state index in [1.807, 2.05) is 0 Å². The van der Waals surface area contributed by atoms with Crippen molar-refractivity contribution in [2.45, 2.75) is 25.9 Å². The van der Waals surface area contributed by atoms with E-state index in [-0.39, 0.29) is 36.6 Å². The summed E-state index contributed by atoms with van der Waals surface area (Å²) in [5.41, 5.74) is 1.95. The maximum atomic E-state index is 12.4. The maximum Gasteiger partial charge on any atom is 0.268 e. The fourth-order valence-corrected chi connectivity index (χ4v) is 3.87. The molecule has 0 saturated carbocycles. The minimum atomic E-state index is -0.631. The minimum absolute atomic E-state index is 0.142. The Morgan fingerprint density at radius 3 is 2.44 bits per heavy atom. The molecule has 8 nitrogen and oxygen atoms in total. The number of nitrogens with one attached hydrogen (secondary N) is 1. The van der Waals surface area contributed by atoms with Crippen molar-refractivity contribution in [1.82, 2.24) is 4.90 Å². The van der Waals surface area contributed by atoms with Crippen molar-refractivity contribution >= 4 is 35.0 Å². The number of nitrogens with zero attached hydrogens (tertiary/aromatic N) is 2. The van der Waals surface area contributed by atoms with Crippen LogP contribution in [0, 0.1) is 0 Å². The summed E-state index contributed by atoms with van der Waals surface area (Å²) in [6, 6.07) is 11.8. The lowest BCUT2D eigenvalue weighted by Gasteiger charge is -2.32. The highest BCUT2D eigenvalue weighted by Gasteiger charge is 2.34. The van der Waals surface area contributed by atoms with Gasteiger partial charge in [-0.2, -0.15) is 0 Å². The van der Waals surface area contributed by atoms with Crippen LogP contribution in [0.25, 0.3) is 0 Å². The van der Waals surface area contributed by atoms with Crippen molar-refractivity contribution in [3.05, 3.63) is 66.2 Å². The molecule has 2 aliphatic rings. The van der Waals surface area contributed by atoms with E-state index in [9.17, 15) is 19.2 Å². The largest absolute Gasteiger partial charge is 0.479 e. The lowest BCUT2D eigenvalue weighted by molar-refractivity contribution is -0.125. The molecule has 0 radical (unpaired) electrons. The molecule has 0 aliphatic carbocycles. The van der Waals surface area contributed by atoms with Gasteiger partial charge in [-0.25, -0.2) is 0 Å². The molecule has 1 N–H and O–H groups in total. The first-order valence-electron chi connectivity index (χ1n) is 10.4. The van der Waals surface area contributed by atoms with E-state index >= 15 is 0 Å². The van der Waals surface area contributed by atoms with Crippen LogP contribution in [0.2, 0.25) is 0 Å². The number of imide groups is 1. The van der Waals surface area contributed by atoms with E-state index < -0.39 is 6.10 Å². The number of fused-ring (bicyclic) bond motifs is 2. The van der Waals surface area contributed by atoms with Crippen LogP contribution in [-0.2, 0) is 9.59 Å². The van der Waals surface area contributed by atoms with Gasteiger partial charge in [0.25, 0.3) is 17.7 Å². The lowest BCUT2D eigenvalue weighted by Crippen LogP contribution is -2.44. The molecule has 2 aliphatic heterocycles. The molecule has 32 heavy (non-hydrogen) atoms. The van der Waals surface area contributed by atoms with E-state index in [2.05, 4.69) is 11.9 Å². The summed E-state index contributed by atoms with van der Waals surface area (Å²) < 4.78 is 5.69. The molecule has 0 saturated heterocycles. The number of benzene rings is 2. The summed E-state index contributed by atoms with van der Waals surface area (Å²) in [5, 5.41) is 2.80. The Hall–Kier alpha value is -3.94. The van der Waals surface area contributed by atoms with Gasteiger partial charge in [-0.15, -0.1) is 6.58 Å². The smallest absolute Gasteiger partial charge is 0.268 e. The normalized spacial score (nSPS) is 17.0. The summed E-state index contributed by atoms with van der Waals surface area (Å²) in [7, 11) is 0. The van der Waals surface area contributed by atoms with E-state index in [1.165, 1.54) is 4.90 Å². The summed E-state index contributed by atoms with van der Waals surface area (Å²) in [5.74, 6) is -0.550. The van der Waals surface area contributed by atoms with Gasteiger partial charge in [0.2, 0.25) is 5.91 Å². The number of hydrogen-bond acceptors (Lipinski definition) is 5. The van der Waals surface area contributed by atoms with Crippen LogP contribution in [-0.4, -0.2) is 47.7 Å². The molecule has 4 rings (SSSR count). The molecule has 1 atom stereocenters. The number of rotatable bonds is 7. The average molecular weight is 433 g/mol. The zero-order chi connectivity index (χ0) is 22.8. The van der Waals surface area contributed by atoms with Crippen LogP contribution in [0.4, 0.5) is 11.4 Å². The SMILES string of the molecule is C=CCN1C(=O)C(C)Oc2cc(NC(=O)CCCN3C(=O)c4ccccc4C3=O)ccc21. The molecular formula is C24H23N3O5. The monoisotopic (exact) mass is 433 g/mol. The van der Waals surface area contributed by atoms with Crippen LogP contribution in [0.5, 0.6) is 5.75 Å². The molecule has 0 spiro atoms. The van der Waals surface area contributed by atoms with Gasteiger partial charge in [0.15, 0.2) is 6.10 Å². The van der Waals surface area contributed by atoms with Gasteiger partial charge in [-0.1, -0.05) is 18.2 Å². The molecule has 2 heterocycles. The van der Waals surface area contributed by atoms with E-state index in [0.29, 0.717) is 41.2 Å². The first kappa shape index (κ1) is 21.3. The zero-order valence-corrected chi connectivity index (χ0v) is 17.7. The summed E-state index contributed by atoms with van der Waals surface area (Å²) in [6.45, 7) is 5.89. The molecule has 1 unspecified atom stereocenters. The Bertz CT molecular complexity index is 1090. The van der Waals surface area contributed by atoms with Crippen molar-refractivity contribution in [3.8, 4) is 5.75 Å². The number of amides is 4. The first-order chi connectivity index (χ1) is 15.4. The summed E-state index contributed by atoms with van der Waals surface area (Å²) in [6.07, 6.45) is 1.50. The van der Waals surface area contributed by atoms with E-state index in [4.69, 9.17) is 4.74 Å². The molecule has 0 fully saturated rings. The Morgan fingerprint density at radius 2 is 1.78 bits per heavy atom. The van der Waals surface area contributed by atoms with Crippen LogP contribution in [0.15, 0.2) is 55.1 Å². The van der Waals surface area contributed by atoms with Crippen LogP contribution >= 0.6 is 0 Å². The second-order valence-corrected chi connectivity index (χ2v) is 7.64. The van der Waals surface area contributed by atoms with Crippen LogP contribution in [0.1, 0.15) is 40.5 Å². The fourth-order valence-electron chi connectivity index (χ4n) is 3.87. The Labute approximate surface area is 185 Å². The maximum absolute atomic E-state index is 12.4. The molecule has 164 valence electrons. The number of ether oxygens (including phenoxy) is 1. The van der Waals surface area contributed by atoms with Crippen LogP contribution < -0.4 is 15.0 Å². The van der Waals surface area contributed by atoms with Gasteiger partial charge >= 0.3 is 0 Å². The van der Waals surface area contributed by atoms with Gasteiger partial charge < -0.3 is 15.0 Å². The Morgan fingerprint density at radius 1 is 1.09 bits per heavy atom. The van der Waals surface area contributed by atoms with Crippen LogP contribution in [0.3, 0.4) is 0 Å². The molecule has 4 amide bonds. The van der Waals surface area contributed by atoms with Crippen molar-refractivity contribution in [2.75, 3.05) is 23.3 Å². The number of carbonyl (C=O) groups excluding carboxylic acids is 4. The third kappa shape index (κ3) is 3.87. The van der Waals surface area contributed by atoms with Gasteiger partial charge in [-0.05, 0) is 37.6 Å². The van der Waals surface area contributed by atoms with Crippen molar-refractivity contribution in [2.24, 2.45) is 0 Å². The first-order valence-corrected chi connectivity index (χ1v) is 10.4. The fraction of sp³-hybridized carbons (Fsp3) is 0.250. The Kier molecular flexibility index (Phi) is 5.77. The quantitative estimate of drug-likeness (QED) is 0.535. The van der Waals surface area contributed by atoms with E-state index in [1.54, 1.807) is 60.4 Å². The highest BCUT2D eigenvalue weighted by Crippen LogP contribution is 2.36. The third-order valence-corrected chi connectivity index (χ3v) is 5.43. The predicted octanol–water partition coefficient (Wildman–Crippen LogP) is 3.00. The number of hydrogen-bond donors (Lipinski definition) is 1. The van der Waals surface area contributed by atoms with Crippen molar-refractivity contribution < 1.29 is 23.9 Å². The minimum Gasteiger partial charge on any atom is -0.479 e. The summed E-state index contributed by atoms with van der Waals surface area (Å²) in [4.78, 5) is 52.3. The van der Waals surface area contributed by atoms with Gasteiger partial charge in [-0.3, -0.25) is 24.1 Å². The second-order valence-electron chi connectivity index (χ2n) is 7.64. The highest BCUT2D eigenvalue weighted by atomic mass is 16.5. The zero-order valence-electron chi connectivity index (χ0n) is 17.7. The molecule has 2 aromatic rings. The molecular weight excluding hydrogens is 410 g/mol. The average Bonchev–Trinajstić information content (AvgIpc) is 3.02. The molecule has 8 heteroatoms. The van der Waals surface area contributed by atoms with Crippen molar-refractivity contribution in [3.63, 3.8) is 0 Å². The van der Waals surface area contributed by atoms with Gasteiger partial charge in [0, 0.05) is 31.3 Å². The molecule has 0 bridgehead atoms. The standard InChI is InChI=1S/C24H23N3O5/c1-3-12-26-19-11-10-16(14-20(19)32-15(2)22(26)29)25-21(28)9-6-13-27-23(30)17-7-4-5-8-18(17)24(27)31/h3-5,7-8,10-11,14-15H,1,6,9,12-13H2,2H3,(H,25,28). The summed E-state index contributed by atoms with van der Waals surface area (Å²) >= 11 is 0. The van der Waals surface area contributed by atoms with E-state index in [0.717, 1.165) is 0 Å². The number of carbonyl (C=O) groups is 4. The number of anilines is 2. The topological polar surface area (TPSA) is 96.0 Å². The Balaban J connectivity index is 1.35. The molecule has 0 aromatic heterocycles. The van der Waals surface area contributed by atoms with Crippen molar-refractivity contribution in [1.29, 1.82) is 0 Å². The predicted molar refractivity (Wildman–Crippen MR) is 119 cm³/mol. The van der Waals surface area contributed by atoms with Gasteiger partial charge in [0.1, 0.15) is 5.75 Å².